The SMILES string of the molecule is CC(C)CCC(C)NC1CCCN(C(=O)OC(C)(C)C)C1C. The van der Waals surface area contributed by atoms with E-state index in [0.29, 0.717) is 12.1 Å². The van der Waals surface area contributed by atoms with Crippen LogP contribution in [0.1, 0.15) is 74.1 Å². The van der Waals surface area contributed by atoms with Gasteiger partial charge in [-0.25, -0.2) is 4.79 Å². The molecular weight excluding hydrogens is 276 g/mol. The second kappa shape index (κ2) is 8.19. The van der Waals surface area contributed by atoms with Gasteiger partial charge < -0.3 is 15.0 Å². The Labute approximate surface area is 137 Å². The summed E-state index contributed by atoms with van der Waals surface area (Å²) in [7, 11) is 0. The molecule has 3 unspecified atom stereocenters. The standard InChI is InChI=1S/C18H36N2O2/c1-13(2)10-11-14(3)19-16-9-8-12-20(15(16)4)17(21)22-18(5,6)7/h13-16,19H,8-12H2,1-7H3. The molecule has 1 aliphatic rings. The van der Waals surface area contributed by atoms with E-state index in [-0.39, 0.29) is 12.1 Å². The molecule has 1 saturated heterocycles. The average Bonchev–Trinajstić information content (AvgIpc) is 2.36. The summed E-state index contributed by atoms with van der Waals surface area (Å²) < 4.78 is 5.54. The Hall–Kier alpha value is -0.770. The van der Waals surface area contributed by atoms with Crippen LogP contribution in [0.25, 0.3) is 0 Å². The summed E-state index contributed by atoms with van der Waals surface area (Å²) in [5.41, 5.74) is -0.429. The molecule has 1 heterocycles. The van der Waals surface area contributed by atoms with Gasteiger partial charge in [-0.05, 0) is 66.2 Å². The van der Waals surface area contributed by atoms with E-state index in [2.05, 4.69) is 33.0 Å². The Balaban J connectivity index is 2.54. The molecule has 0 radical (unpaired) electrons. The Morgan fingerprint density at radius 2 is 1.91 bits per heavy atom. The fourth-order valence-corrected chi connectivity index (χ4v) is 2.98. The molecule has 0 aliphatic carbocycles. The van der Waals surface area contributed by atoms with Gasteiger partial charge in [-0.1, -0.05) is 13.8 Å². The molecule has 0 saturated carbocycles. The highest BCUT2D eigenvalue weighted by Gasteiger charge is 2.34. The molecule has 1 N–H and O–H groups in total. The van der Waals surface area contributed by atoms with Gasteiger partial charge in [0.1, 0.15) is 5.60 Å². The van der Waals surface area contributed by atoms with E-state index in [1.54, 1.807) is 0 Å². The minimum absolute atomic E-state index is 0.179. The molecule has 3 atom stereocenters. The zero-order valence-corrected chi connectivity index (χ0v) is 15.6. The highest BCUT2D eigenvalue weighted by atomic mass is 16.6. The molecule has 1 fully saturated rings. The fourth-order valence-electron chi connectivity index (χ4n) is 2.98. The van der Waals surface area contributed by atoms with Crippen LogP contribution in [0.15, 0.2) is 0 Å². The number of carbonyl (C=O) groups excluding carboxylic acids is 1. The van der Waals surface area contributed by atoms with E-state index in [9.17, 15) is 4.79 Å². The Bertz CT molecular complexity index is 349. The van der Waals surface area contributed by atoms with Crippen molar-refractivity contribution in [2.45, 2.75) is 97.9 Å². The topological polar surface area (TPSA) is 41.6 Å². The van der Waals surface area contributed by atoms with Gasteiger partial charge in [0, 0.05) is 24.7 Å². The van der Waals surface area contributed by atoms with Crippen LogP contribution in [-0.4, -0.2) is 41.3 Å². The van der Waals surface area contributed by atoms with E-state index in [4.69, 9.17) is 4.74 Å². The van der Waals surface area contributed by atoms with Crippen molar-refractivity contribution in [3.63, 3.8) is 0 Å². The minimum Gasteiger partial charge on any atom is -0.444 e. The number of likely N-dealkylation sites (tertiary alicyclic amines) is 1. The number of nitrogens with zero attached hydrogens (tertiary/aromatic N) is 1. The third kappa shape index (κ3) is 6.55. The number of carbonyl (C=O) groups is 1. The molecule has 130 valence electrons. The van der Waals surface area contributed by atoms with Gasteiger partial charge in [0.05, 0.1) is 0 Å². The van der Waals surface area contributed by atoms with Crippen LogP contribution in [0.3, 0.4) is 0 Å². The lowest BCUT2D eigenvalue weighted by molar-refractivity contribution is 0.00635. The van der Waals surface area contributed by atoms with Crippen LogP contribution in [0.4, 0.5) is 4.79 Å². The number of hydrogen-bond acceptors (Lipinski definition) is 3. The number of hydrogen-bond donors (Lipinski definition) is 1. The molecule has 1 amide bonds. The second-order valence-electron chi connectivity index (χ2n) is 8.20. The van der Waals surface area contributed by atoms with E-state index >= 15 is 0 Å². The maximum atomic E-state index is 12.3. The molecule has 0 aromatic carbocycles. The Morgan fingerprint density at radius 1 is 1.27 bits per heavy atom. The van der Waals surface area contributed by atoms with Crippen molar-refractivity contribution in [1.82, 2.24) is 10.2 Å². The number of amides is 1. The summed E-state index contributed by atoms with van der Waals surface area (Å²) >= 11 is 0. The predicted molar refractivity (Wildman–Crippen MR) is 92.1 cm³/mol. The van der Waals surface area contributed by atoms with Crippen LogP contribution in [0.2, 0.25) is 0 Å². The third-order valence-electron chi connectivity index (χ3n) is 4.29. The number of rotatable bonds is 5. The first-order valence-corrected chi connectivity index (χ1v) is 8.86. The minimum atomic E-state index is -0.429. The largest absolute Gasteiger partial charge is 0.444 e. The molecular formula is C18H36N2O2. The van der Waals surface area contributed by atoms with Gasteiger partial charge in [-0.2, -0.15) is 0 Å². The van der Waals surface area contributed by atoms with Gasteiger partial charge in [0.2, 0.25) is 0 Å². The normalized spacial score (nSPS) is 24.5. The zero-order chi connectivity index (χ0) is 16.9. The molecule has 0 bridgehead atoms. The second-order valence-corrected chi connectivity index (χ2v) is 8.20. The lowest BCUT2D eigenvalue weighted by Crippen LogP contribution is -2.56. The van der Waals surface area contributed by atoms with Crippen molar-refractivity contribution in [3.05, 3.63) is 0 Å². The van der Waals surface area contributed by atoms with Crippen LogP contribution in [-0.2, 0) is 4.74 Å². The van der Waals surface area contributed by atoms with E-state index < -0.39 is 5.60 Å². The average molecular weight is 312 g/mol. The van der Waals surface area contributed by atoms with Gasteiger partial charge in [0.25, 0.3) is 0 Å². The Morgan fingerprint density at radius 3 is 2.45 bits per heavy atom. The summed E-state index contributed by atoms with van der Waals surface area (Å²) in [5.74, 6) is 0.742. The molecule has 0 aromatic rings. The van der Waals surface area contributed by atoms with E-state index in [0.717, 1.165) is 25.3 Å². The van der Waals surface area contributed by atoms with E-state index in [1.807, 2.05) is 25.7 Å². The van der Waals surface area contributed by atoms with Crippen molar-refractivity contribution < 1.29 is 9.53 Å². The first kappa shape index (κ1) is 19.3. The van der Waals surface area contributed by atoms with Crippen LogP contribution in [0, 0.1) is 5.92 Å². The van der Waals surface area contributed by atoms with Crippen molar-refractivity contribution in [3.8, 4) is 0 Å². The summed E-state index contributed by atoms with van der Waals surface area (Å²) in [6.45, 7) is 15.5. The van der Waals surface area contributed by atoms with Crippen LogP contribution >= 0.6 is 0 Å². The quantitative estimate of drug-likeness (QED) is 0.827. The first-order chi connectivity index (χ1) is 10.1. The van der Waals surface area contributed by atoms with Crippen molar-refractivity contribution in [2.24, 2.45) is 5.92 Å². The van der Waals surface area contributed by atoms with Crippen molar-refractivity contribution >= 4 is 6.09 Å². The highest BCUT2D eigenvalue weighted by molar-refractivity contribution is 5.68. The monoisotopic (exact) mass is 312 g/mol. The summed E-state index contributed by atoms with van der Waals surface area (Å²) in [5, 5.41) is 3.72. The predicted octanol–water partition coefficient (Wildman–Crippen LogP) is 4.19. The molecule has 1 aliphatic heterocycles. The fraction of sp³-hybridized carbons (Fsp3) is 0.944. The van der Waals surface area contributed by atoms with E-state index in [1.165, 1.54) is 12.8 Å². The summed E-state index contributed by atoms with van der Waals surface area (Å²) in [6, 6.07) is 1.04. The number of nitrogens with one attached hydrogen (secondary N) is 1. The first-order valence-electron chi connectivity index (χ1n) is 8.86. The maximum absolute atomic E-state index is 12.3. The van der Waals surface area contributed by atoms with Gasteiger partial charge in [-0.3, -0.25) is 0 Å². The maximum Gasteiger partial charge on any atom is 0.410 e. The molecule has 4 nitrogen and oxygen atoms in total. The van der Waals surface area contributed by atoms with Crippen molar-refractivity contribution in [2.75, 3.05) is 6.54 Å². The van der Waals surface area contributed by atoms with Crippen LogP contribution < -0.4 is 5.32 Å². The molecule has 4 heteroatoms. The molecule has 1 rings (SSSR count). The number of piperidine rings is 1. The van der Waals surface area contributed by atoms with Crippen LogP contribution in [0.5, 0.6) is 0 Å². The third-order valence-corrected chi connectivity index (χ3v) is 4.29. The van der Waals surface area contributed by atoms with Crippen molar-refractivity contribution in [1.29, 1.82) is 0 Å². The summed E-state index contributed by atoms with van der Waals surface area (Å²) in [6.07, 6.45) is 4.42. The molecule has 22 heavy (non-hydrogen) atoms. The lowest BCUT2D eigenvalue weighted by atomic mass is 9.96. The smallest absolute Gasteiger partial charge is 0.410 e. The molecule has 0 spiro atoms. The van der Waals surface area contributed by atoms with Gasteiger partial charge >= 0.3 is 6.09 Å². The highest BCUT2D eigenvalue weighted by Crippen LogP contribution is 2.21. The van der Waals surface area contributed by atoms with Gasteiger partial charge in [-0.15, -0.1) is 0 Å². The molecule has 0 aromatic heterocycles. The Kier molecular flexibility index (Phi) is 7.17. The van der Waals surface area contributed by atoms with Gasteiger partial charge in [0.15, 0.2) is 0 Å². The number of ether oxygens (including phenoxy) is 1. The summed E-state index contributed by atoms with van der Waals surface area (Å²) in [4.78, 5) is 14.2. The lowest BCUT2D eigenvalue weighted by Gasteiger charge is -2.41. The zero-order valence-electron chi connectivity index (χ0n) is 15.6.